The number of amides is 2. The van der Waals surface area contributed by atoms with Crippen LogP contribution in [-0.4, -0.2) is 43.0 Å². The summed E-state index contributed by atoms with van der Waals surface area (Å²) in [5.74, 6) is -1.09. The van der Waals surface area contributed by atoms with Crippen LogP contribution in [0.4, 0.5) is 0 Å². The third-order valence-corrected chi connectivity index (χ3v) is 2.35. The van der Waals surface area contributed by atoms with Gasteiger partial charge in [0.05, 0.1) is 13.2 Å². The van der Waals surface area contributed by atoms with Crippen molar-refractivity contribution in [3.05, 3.63) is 11.3 Å². The molecule has 1 saturated heterocycles. The van der Waals surface area contributed by atoms with Crippen molar-refractivity contribution in [2.45, 2.75) is 0 Å². The molecule has 0 radical (unpaired) electrons. The predicted octanol–water partition coefficient (Wildman–Crippen LogP) is -1.25. The molecule has 6 heteroatoms. The number of hydrogen-bond acceptors (Lipinski definition) is 5. The van der Waals surface area contributed by atoms with Gasteiger partial charge in [-0.1, -0.05) is 0 Å². The molecule has 2 amide bonds. The molecule has 0 atom stereocenters. The molecule has 0 spiro atoms. The van der Waals surface area contributed by atoms with E-state index in [9.17, 15) is 9.59 Å². The first-order chi connectivity index (χ1) is 7.24. The van der Waals surface area contributed by atoms with Gasteiger partial charge in [0.25, 0.3) is 11.8 Å². The zero-order valence-electron chi connectivity index (χ0n) is 7.95. The highest BCUT2D eigenvalue weighted by Gasteiger charge is 2.34. The van der Waals surface area contributed by atoms with Crippen LogP contribution in [0.15, 0.2) is 11.3 Å². The highest BCUT2D eigenvalue weighted by molar-refractivity contribution is 6.21. The number of ether oxygens (including phenoxy) is 1. The first-order valence-electron chi connectivity index (χ1n) is 4.57. The number of nitrogens with zero attached hydrogens (tertiary/aromatic N) is 2. The lowest BCUT2D eigenvalue weighted by molar-refractivity contribution is -0.124. The van der Waals surface area contributed by atoms with E-state index in [0.717, 1.165) is 0 Å². The molecule has 2 aliphatic heterocycles. The summed E-state index contributed by atoms with van der Waals surface area (Å²) < 4.78 is 5.13. The van der Waals surface area contributed by atoms with Crippen LogP contribution in [0.25, 0.3) is 0 Å². The van der Waals surface area contributed by atoms with Gasteiger partial charge >= 0.3 is 0 Å². The molecule has 0 aromatic heterocycles. The molecule has 0 bridgehead atoms. The highest BCUT2D eigenvalue weighted by Crippen LogP contribution is 2.17. The number of nitriles is 1. The zero-order valence-corrected chi connectivity index (χ0v) is 7.95. The third kappa shape index (κ3) is 1.57. The summed E-state index contributed by atoms with van der Waals surface area (Å²) >= 11 is 0. The lowest BCUT2D eigenvalue weighted by Crippen LogP contribution is -2.39. The molecule has 0 saturated carbocycles. The third-order valence-electron chi connectivity index (χ3n) is 2.35. The van der Waals surface area contributed by atoms with Crippen molar-refractivity contribution in [2.75, 3.05) is 26.3 Å². The van der Waals surface area contributed by atoms with E-state index in [4.69, 9.17) is 10.00 Å². The maximum absolute atomic E-state index is 11.4. The Hall–Kier alpha value is -1.87. The van der Waals surface area contributed by atoms with Gasteiger partial charge < -0.3 is 9.64 Å². The molecule has 6 nitrogen and oxygen atoms in total. The molecular weight excluding hydrogens is 198 g/mol. The summed E-state index contributed by atoms with van der Waals surface area (Å²) in [5, 5.41) is 10.9. The number of imide groups is 1. The van der Waals surface area contributed by atoms with Crippen LogP contribution in [-0.2, 0) is 14.3 Å². The van der Waals surface area contributed by atoms with Crippen molar-refractivity contribution in [2.24, 2.45) is 0 Å². The zero-order chi connectivity index (χ0) is 10.8. The van der Waals surface area contributed by atoms with Crippen molar-refractivity contribution in [1.82, 2.24) is 10.2 Å². The molecule has 2 heterocycles. The minimum Gasteiger partial charge on any atom is -0.378 e. The Morgan fingerprint density at radius 3 is 2.53 bits per heavy atom. The average Bonchev–Trinajstić information content (AvgIpc) is 2.54. The van der Waals surface area contributed by atoms with Crippen molar-refractivity contribution < 1.29 is 14.3 Å². The quantitative estimate of drug-likeness (QED) is 0.543. The van der Waals surface area contributed by atoms with Gasteiger partial charge in [0.2, 0.25) is 0 Å². The minimum absolute atomic E-state index is 0.0955. The Balaban J connectivity index is 2.32. The molecule has 15 heavy (non-hydrogen) atoms. The molecule has 0 unspecified atom stereocenters. The van der Waals surface area contributed by atoms with E-state index in [-0.39, 0.29) is 11.3 Å². The summed E-state index contributed by atoms with van der Waals surface area (Å²) in [6.45, 7) is 2.07. The van der Waals surface area contributed by atoms with Crippen LogP contribution in [0.2, 0.25) is 0 Å². The van der Waals surface area contributed by atoms with E-state index < -0.39 is 11.8 Å². The minimum atomic E-state index is -0.607. The number of rotatable bonds is 1. The Morgan fingerprint density at radius 2 is 1.93 bits per heavy atom. The van der Waals surface area contributed by atoms with E-state index in [1.807, 2.05) is 0 Å². The number of nitrogens with one attached hydrogen (secondary N) is 1. The van der Waals surface area contributed by atoms with Gasteiger partial charge in [0.1, 0.15) is 17.3 Å². The number of morpholine rings is 1. The second kappa shape index (κ2) is 3.71. The van der Waals surface area contributed by atoms with Crippen LogP contribution in [0.3, 0.4) is 0 Å². The van der Waals surface area contributed by atoms with E-state index >= 15 is 0 Å². The largest absolute Gasteiger partial charge is 0.378 e. The lowest BCUT2D eigenvalue weighted by atomic mass is 10.2. The van der Waals surface area contributed by atoms with Crippen LogP contribution < -0.4 is 5.32 Å². The molecule has 78 valence electrons. The molecule has 1 fully saturated rings. The first kappa shape index (κ1) is 9.68. The predicted molar refractivity (Wildman–Crippen MR) is 48.2 cm³/mol. The molecule has 1 N–H and O–H groups in total. The van der Waals surface area contributed by atoms with E-state index in [2.05, 4.69) is 5.32 Å². The van der Waals surface area contributed by atoms with Gasteiger partial charge in [-0.15, -0.1) is 0 Å². The van der Waals surface area contributed by atoms with Crippen LogP contribution >= 0.6 is 0 Å². The standard InChI is InChI=1S/C9H9N3O3/c10-5-6-7(9(14)11-8(6)13)12-1-3-15-4-2-12/h1-4H2,(H,11,13,14). The fourth-order valence-electron chi connectivity index (χ4n) is 1.64. The van der Waals surface area contributed by atoms with Crippen LogP contribution in [0.5, 0.6) is 0 Å². The Bertz CT molecular complexity index is 388. The number of carbonyl (C=O) groups is 2. The smallest absolute Gasteiger partial charge is 0.276 e. The number of carbonyl (C=O) groups excluding carboxylic acids is 2. The Labute approximate surface area is 86.1 Å². The fraction of sp³-hybridized carbons (Fsp3) is 0.444. The highest BCUT2D eigenvalue weighted by atomic mass is 16.5. The normalized spacial score (nSPS) is 21.7. The molecule has 2 aliphatic rings. The first-order valence-corrected chi connectivity index (χ1v) is 4.57. The van der Waals surface area contributed by atoms with E-state index in [1.165, 1.54) is 0 Å². The van der Waals surface area contributed by atoms with E-state index in [0.29, 0.717) is 26.3 Å². The van der Waals surface area contributed by atoms with Gasteiger partial charge in [0, 0.05) is 13.1 Å². The maximum atomic E-state index is 11.4. The maximum Gasteiger partial charge on any atom is 0.276 e. The van der Waals surface area contributed by atoms with Crippen molar-refractivity contribution >= 4 is 11.8 Å². The summed E-state index contributed by atoms with van der Waals surface area (Å²) in [6.07, 6.45) is 0. The second-order valence-electron chi connectivity index (χ2n) is 3.22. The molecular formula is C9H9N3O3. The topological polar surface area (TPSA) is 82.4 Å². The van der Waals surface area contributed by atoms with Gasteiger partial charge in [-0.2, -0.15) is 5.26 Å². The SMILES string of the molecule is N#CC1=C(N2CCOCC2)C(=O)NC1=O. The van der Waals surface area contributed by atoms with Gasteiger partial charge in [-0.25, -0.2) is 0 Å². The summed E-state index contributed by atoms with van der Waals surface area (Å²) in [7, 11) is 0. The fourth-order valence-corrected chi connectivity index (χ4v) is 1.64. The molecule has 0 aromatic rings. The van der Waals surface area contributed by atoms with Crippen molar-refractivity contribution in [3.8, 4) is 6.07 Å². The van der Waals surface area contributed by atoms with Gasteiger partial charge in [0.15, 0.2) is 0 Å². The van der Waals surface area contributed by atoms with Crippen LogP contribution in [0.1, 0.15) is 0 Å². The van der Waals surface area contributed by atoms with Crippen LogP contribution in [0, 0.1) is 11.3 Å². The Kier molecular flexibility index (Phi) is 2.39. The van der Waals surface area contributed by atoms with Gasteiger partial charge in [-0.3, -0.25) is 14.9 Å². The molecule has 0 aromatic carbocycles. The Morgan fingerprint density at radius 1 is 1.27 bits per heavy atom. The van der Waals surface area contributed by atoms with E-state index in [1.54, 1.807) is 11.0 Å². The lowest BCUT2D eigenvalue weighted by Gasteiger charge is -2.28. The summed E-state index contributed by atoms with van der Waals surface area (Å²) in [5.41, 5.74) is 0.0905. The molecule has 0 aliphatic carbocycles. The average molecular weight is 207 g/mol. The summed E-state index contributed by atoms with van der Waals surface area (Å²) in [4.78, 5) is 24.3. The van der Waals surface area contributed by atoms with Crippen molar-refractivity contribution in [1.29, 1.82) is 5.26 Å². The second-order valence-corrected chi connectivity index (χ2v) is 3.22. The van der Waals surface area contributed by atoms with Crippen molar-refractivity contribution in [3.63, 3.8) is 0 Å². The number of hydrogen-bond donors (Lipinski definition) is 1. The monoisotopic (exact) mass is 207 g/mol. The van der Waals surface area contributed by atoms with Gasteiger partial charge in [-0.05, 0) is 0 Å². The summed E-state index contributed by atoms with van der Waals surface area (Å²) in [6, 6.07) is 1.76. The molecule has 2 rings (SSSR count).